The van der Waals surface area contributed by atoms with Gasteiger partial charge in [-0.1, -0.05) is 34.8 Å². The van der Waals surface area contributed by atoms with Gasteiger partial charge < -0.3 is 25.0 Å². The molecule has 0 radical (unpaired) electrons. The van der Waals surface area contributed by atoms with Gasteiger partial charge in [-0.25, -0.2) is 9.78 Å². The zero-order chi connectivity index (χ0) is 21.3. The maximum absolute atomic E-state index is 12.6. The minimum Gasteiger partial charge on any atom is -0.477 e. The summed E-state index contributed by atoms with van der Waals surface area (Å²) in [4.78, 5) is 32.4. The first-order chi connectivity index (χ1) is 13.7. The molecule has 1 saturated heterocycles. The van der Waals surface area contributed by atoms with Crippen LogP contribution in [0.25, 0.3) is 0 Å². The zero-order valence-corrected chi connectivity index (χ0v) is 17.9. The van der Waals surface area contributed by atoms with Crippen molar-refractivity contribution in [3.05, 3.63) is 44.4 Å². The highest BCUT2D eigenvalue weighted by atomic mass is 35.5. The highest BCUT2D eigenvalue weighted by molar-refractivity contribution is 6.44. The van der Waals surface area contributed by atoms with Gasteiger partial charge in [-0.2, -0.15) is 0 Å². The number of aromatic carboxylic acids is 1. The van der Waals surface area contributed by atoms with E-state index in [9.17, 15) is 14.7 Å². The number of methoxy groups -OCH3 is 1. The van der Waals surface area contributed by atoms with Crippen LogP contribution in [0.4, 0.5) is 5.69 Å². The molecule has 0 bridgehead atoms. The predicted molar refractivity (Wildman–Crippen MR) is 111 cm³/mol. The first-order valence-electron chi connectivity index (χ1n) is 8.74. The van der Waals surface area contributed by atoms with Crippen LogP contribution in [0.15, 0.2) is 12.3 Å². The van der Waals surface area contributed by atoms with Crippen LogP contribution in [-0.4, -0.2) is 59.3 Å². The molecule has 2 aromatic heterocycles. The number of hydrogen-bond donors (Lipinski definition) is 3. The molecule has 156 valence electrons. The number of pyridine rings is 1. The molecule has 8 nitrogen and oxygen atoms in total. The van der Waals surface area contributed by atoms with Crippen molar-refractivity contribution >= 4 is 52.4 Å². The van der Waals surface area contributed by atoms with Gasteiger partial charge in [0.05, 0.1) is 32.9 Å². The number of amides is 1. The number of aromatic amines is 1. The Morgan fingerprint density at radius 1 is 1.34 bits per heavy atom. The lowest BCUT2D eigenvalue weighted by molar-refractivity contribution is 0.0540. The summed E-state index contributed by atoms with van der Waals surface area (Å²) < 4.78 is 5.57. The third kappa shape index (κ3) is 4.45. The molecule has 3 N–H and O–H groups in total. The van der Waals surface area contributed by atoms with Gasteiger partial charge in [0.25, 0.3) is 5.91 Å². The summed E-state index contributed by atoms with van der Waals surface area (Å²) in [5.41, 5.74) is 1.28. The van der Waals surface area contributed by atoms with Crippen LogP contribution in [0.2, 0.25) is 15.1 Å². The van der Waals surface area contributed by atoms with Crippen molar-refractivity contribution in [1.82, 2.24) is 15.3 Å². The number of anilines is 1. The maximum Gasteiger partial charge on any atom is 0.354 e. The molecule has 1 amide bonds. The van der Waals surface area contributed by atoms with E-state index >= 15 is 0 Å². The third-order valence-corrected chi connectivity index (χ3v) is 6.09. The predicted octanol–water partition coefficient (Wildman–Crippen LogP) is 3.40. The van der Waals surface area contributed by atoms with E-state index in [2.05, 4.69) is 15.3 Å². The normalized spacial score (nSPS) is 19.3. The van der Waals surface area contributed by atoms with Crippen LogP contribution >= 0.6 is 34.8 Å². The molecule has 0 saturated carbocycles. The molecule has 1 aliphatic heterocycles. The second-order valence-corrected chi connectivity index (χ2v) is 7.83. The molecule has 1 aliphatic rings. The van der Waals surface area contributed by atoms with Gasteiger partial charge >= 0.3 is 5.97 Å². The number of piperidine rings is 1. The molecule has 11 heteroatoms. The smallest absolute Gasteiger partial charge is 0.354 e. The fraction of sp³-hybridized carbons (Fsp3) is 0.389. The molecular formula is C18H19Cl3N4O4. The first kappa shape index (κ1) is 21.7. The van der Waals surface area contributed by atoms with E-state index in [1.165, 1.54) is 12.3 Å². The molecule has 3 heterocycles. The topological polar surface area (TPSA) is 108 Å². The summed E-state index contributed by atoms with van der Waals surface area (Å²) in [6, 6.07) is 1.15. The summed E-state index contributed by atoms with van der Waals surface area (Å²) >= 11 is 18.4. The van der Waals surface area contributed by atoms with Gasteiger partial charge in [-0.05, 0) is 19.4 Å². The second kappa shape index (κ2) is 8.79. The number of nitrogens with zero attached hydrogens (tertiary/aromatic N) is 2. The van der Waals surface area contributed by atoms with E-state index in [1.54, 1.807) is 14.0 Å². The Labute approximate surface area is 182 Å². The van der Waals surface area contributed by atoms with Crippen LogP contribution < -0.4 is 10.2 Å². The lowest BCUT2D eigenvalue weighted by atomic mass is 10.0. The number of carbonyl (C=O) groups is 2. The fourth-order valence-corrected chi connectivity index (χ4v) is 3.93. The Balaban J connectivity index is 1.74. The van der Waals surface area contributed by atoms with Crippen molar-refractivity contribution in [3.63, 3.8) is 0 Å². The summed E-state index contributed by atoms with van der Waals surface area (Å²) in [6.45, 7) is 2.67. The lowest BCUT2D eigenvalue weighted by Gasteiger charge is -2.39. The minimum absolute atomic E-state index is 0.0950. The van der Waals surface area contributed by atoms with Crippen molar-refractivity contribution in [2.75, 3.05) is 25.1 Å². The average Bonchev–Trinajstić information content (AvgIpc) is 2.96. The molecule has 2 aromatic rings. The first-order valence-corrected chi connectivity index (χ1v) is 9.87. The van der Waals surface area contributed by atoms with Crippen molar-refractivity contribution in [3.8, 4) is 0 Å². The number of hydrogen-bond acceptors (Lipinski definition) is 5. The Kier molecular flexibility index (Phi) is 6.58. The molecular weight excluding hydrogens is 443 g/mol. The van der Waals surface area contributed by atoms with Crippen molar-refractivity contribution in [2.45, 2.75) is 25.5 Å². The van der Waals surface area contributed by atoms with Gasteiger partial charge in [0.15, 0.2) is 0 Å². The number of rotatable bonds is 5. The number of aromatic nitrogens is 2. The summed E-state index contributed by atoms with van der Waals surface area (Å²) in [7, 11) is 1.55. The molecule has 1 fully saturated rings. The standard InChI is InChI=1S/C18H19Cl3N4O4/c1-8-14(20)15(21)16(23-8)17(26)24-10-3-4-25(7-13(10)29-2)12-5-11(18(27)28)22-6-9(12)19/h5-6,10,13,23H,3-4,7H2,1-2H3,(H,24,26)(H,27,28). The van der Waals surface area contributed by atoms with Gasteiger partial charge in [0.2, 0.25) is 0 Å². The van der Waals surface area contributed by atoms with E-state index in [4.69, 9.17) is 39.5 Å². The molecule has 0 spiro atoms. The highest BCUT2D eigenvalue weighted by Gasteiger charge is 2.33. The van der Waals surface area contributed by atoms with Crippen LogP contribution in [-0.2, 0) is 4.74 Å². The quantitative estimate of drug-likeness (QED) is 0.630. The zero-order valence-electron chi connectivity index (χ0n) is 15.6. The minimum atomic E-state index is -1.13. The summed E-state index contributed by atoms with van der Waals surface area (Å²) in [5, 5.41) is 12.9. The van der Waals surface area contributed by atoms with Gasteiger partial charge in [0.1, 0.15) is 11.4 Å². The number of H-pyrrole nitrogens is 1. The monoisotopic (exact) mass is 460 g/mol. The summed E-state index contributed by atoms with van der Waals surface area (Å²) in [5.74, 6) is -1.51. The van der Waals surface area contributed by atoms with E-state index in [0.717, 1.165) is 0 Å². The van der Waals surface area contributed by atoms with E-state index in [0.29, 0.717) is 40.9 Å². The Bertz CT molecular complexity index is 949. The average molecular weight is 462 g/mol. The number of halogens is 3. The molecule has 0 aromatic carbocycles. The van der Waals surface area contributed by atoms with Crippen molar-refractivity contribution in [2.24, 2.45) is 0 Å². The number of carboxylic acid groups (broad SMARTS) is 1. The third-order valence-electron chi connectivity index (χ3n) is 4.85. The van der Waals surface area contributed by atoms with Crippen LogP contribution in [0.5, 0.6) is 0 Å². The number of aryl methyl sites for hydroxylation is 1. The maximum atomic E-state index is 12.6. The van der Waals surface area contributed by atoms with Crippen LogP contribution in [0.3, 0.4) is 0 Å². The van der Waals surface area contributed by atoms with E-state index in [1.807, 2.05) is 4.90 Å². The molecule has 0 aliphatic carbocycles. The van der Waals surface area contributed by atoms with Crippen LogP contribution in [0, 0.1) is 6.92 Å². The van der Waals surface area contributed by atoms with Crippen molar-refractivity contribution < 1.29 is 19.4 Å². The molecule has 29 heavy (non-hydrogen) atoms. The Hall–Kier alpha value is -2.00. The Morgan fingerprint density at radius 3 is 2.66 bits per heavy atom. The lowest BCUT2D eigenvalue weighted by Crippen LogP contribution is -2.55. The molecule has 2 atom stereocenters. The van der Waals surface area contributed by atoms with Crippen molar-refractivity contribution in [1.29, 1.82) is 0 Å². The number of ether oxygens (including phenoxy) is 1. The largest absolute Gasteiger partial charge is 0.477 e. The second-order valence-electron chi connectivity index (χ2n) is 6.67. The van der Waals surface area contributed by atoms with Gasteiger partial charge in [-0.3, -0.25) is 4.79 Å². The summed E-state index contributed by atoms with van der Waals surface area (Å²) in [6.07, 6.45) is 1.52. The van der Waals surface area contributed by atoms with Crippen LogP contribution in [0.1, 0.15) is 33.1 Å². The SMILES string of the molecule is COC1CN(c2cc(C(=O)O)ncc2Cl)CCC1NC(=O)c1[nH]c(C)c(Cl)c1Cl. The van der Waals surface area contributed by atoms with Gasteiger partial charge in [-0.15, -0.1) is 0 Å². The van der Waals surface area contributed by atoms with E-state index in [-0.39, 0.29) is 34.5 Å². The van der Waals surface area contributed by atoms with E-state index < -0.39 is 5.97 Å². The number of carboxylic acids is 1. The molecule has 2 unspecified atom stereocenters. The number of carbonyl (C=O) groups excluding carboxylic acids is 1. The highest BCUT2D eigenvalue weighted by Crippen LogP contribution is 2.31. The van der Waals surface area contributed by atoms with Gasteiger partial charge in [0, 0.05) is 32.1 Å². The molecule has 3 rings (SSSR count). The Morgan fingerprint density at radius 2 is 2.07 bits per heavy atom. The number of nitrogens with one attached hydrogen (secondary N) is 2. The fourth-order valence-electron chi connectivity index (χ4n) is 3.30.